The molecule has 0 bridgehead atoms. The highest BCUT2D eigenvalue weighted by molar-refractivity contribution is 8.07. The second-order valence-corrected chi connectivity index (χ2v) is 6.02. The van der Waals surface area contributed by atoms with Gasteiger partial charge in [0, 0.05) is 18.9 Å². The van der Waals surface area contributed by atoms with Crippen LogP contribution in [-0.2, 0) is 27.4 Å². The number of nitrogens with zero attached hydrogens (tertiary/aromatic N) is 2. The standard InChI is InChI=1S/C7H10N2.C4H11O3PS/c1-2-3-5-9-6-4-8-7-9;1-3-6-8(5,9)7-4-2/h2,4,6-7H,1,3,5H2;3-4H2,1-2H3,(H,5,9). The van der Waals surface area contributed by atoms with E-state index in [9.17, 15) is 0 Å². The number of rotatable bonds is 7. The van der Waals surface area contributed by atoms with Crippen molar-refractivity contribution in [3.63, 3.8) is 0 Å². The fourth-order valence-corrected chi connectivity index (χ4v) is 2.38. The van der Waals surface area contributed by atoms with E-state index in [1.54, 1.807) is 20.0 Å². The Morgan fingerprint density at radius 1 is 1.44 bits per heavy atom. The summed E-state index contributed by atoms with van der Waals surface area (Å²) in [5.74, 6) is 0. The summed E-state index contributed by atoms with van der Waals surface area (Å²) in [6.45, 7) is 6.07. The van der Waals surface area contributed by atoms with Crippen LogP contribution >= 0.6 is 6.72 Å². The van der Waals surface area contributed by atoms with Gasteiger partial charge in [0.25, 0.3) is 0 Å². The van der Waals surface area contributed by atoms with Gasteiger partial charge in [0.1, 0.15) is 0 Å². The molecule has 0 aromatic carbocycles. The van der Waals surface area contributed by atoms with Crippen LogP contribution in [0.2, 0.25) is 0 Å². The maximum atomic E-state index is 9.00. The molecule has 18 heavy (non-hydrogen) atoms. The van der Waals surface area contributed by atoms with Crippen LogP contribution in [0.15, 0.2) is 31.4 Å². The van der Waals surface area contributed by atoms with Crippen LogP contribution in [0.4, 0.5) is 0 Å². The molecule has 5 nitrogen and oxygen atoms in total. The molecule has 1 aromatic heterocycles. The molecule has 0 spiro atoms. The second-order valence-electron chi connectivity index (χ2n) is 3.18. The normalized spacial score (nSPS) is 10.6. The van der Waals surface area contributed by atoms with Gasteiger partial charge in [-0.1, -0.05) is 6.08 Å². The predicted molar refractivity (Wildman–Crippen MR) is 76.8 cm³/mol. The summed E-state index contributed by atoms with van der Waals surface area (Å²) >= 11 is 4.56. The van der Waals surface area contributed by atoms with Crippen LogP contribution in [-0.4, -0.2) is 27.7 Å². The Bertz CT molecular complexity index is 347. The summed E-state index contributed by atoms with van der Waals surface area (Å²) in [5.41, 5.74) is 0. The topological polar surface area (TPSA) is 56.5 Å². The minimum absolute atomic E-state index is 0.397. The van der Waals surface area contributed by atoms with Crippen molar-refractivity contribution in [2.75, 3.05) is 13.2 Å². The first-order valence-corrected chi connectivity index (χ1v) is 8.33. The first-order chi connectivity index (χ1) is 8.55. The Hall–Kier alpha value is -0.520. The van der Waals surface area contributed by atoms with E-state index in [1.165, 1.54) is 0 Å². The van der Waals surface area contributed by atoms with Gasteiger partial charge in [0.2, 0.25) is 0 Å². The first-order valence-electron chi connectivity index (χ1n) is 5.74. The lowest BCUT2D eigenvalue weighted by molar-refractivity contribution is 0.212. The molecule has 0 aliphatic carbocycles. The Kier molecular flexibility index (Phi) is 10.1. The minimum atomic E-state index is -2.86. The molecule has 0 saturated heterocycles. The molecule has 0 radical (unpaired) electrons. The maximum absolute atomic E-state index is 9.00. The number of aryl methyl sites for hydroxylation is 1. The number of allylic oxidation sites excluding steroid dienone is 1. The van der Waals surface area contributed by atoms with Gasteiger partial charge in [0.05, 0.1) is 19.5 Å². The quantitative estimate of drug-likeness (QED) is 0.618. The minimum Gasteiger partial charge on any atom is -0.337 e. The van der Waals surface area contributed by atoms with Crippen LogP contribution in [0.3, 0.4) is 0 Å². The lowest BCUT2D eigenvalue weighted by Gasteiger charge is -2.12. The van der Waals surface area contributed by atoms with Crippen molar-refractivity contribution in [2.24, 2.45) is 0 Å². The fourth-order valence-electron chi connectivity index (χ4n) is 1.02. The van der Waals surface area contributed by atoms with E-state index in [4.69, 9.17) is 13.9 Å². The Morgan fingerprint density at radius 3 is 2.44 bits per heavy atom. The third-order valence-electron chi connectivity index (χ3n) is 1.74. The average molecular weight is 292 g/mol. The van der Waals surface area contributed by atoms with Gasteiger partial charge in [-0.2, -0.15) is 0 Å². The van der Waals surface area contributed by atoms with Gasteiger partial charge >= 0.3 is 6.72 Å². The van der Waals surface area contributed by atoms with Crippen LogP contribution in [0, 0.1) is 0 Å². The van der Waals surface area contributed by atoms with Crippen molar-refractivity contribution in [1.82, 2.24) is 9.55 Å². The zero-order valence-corrected chi connectivity index (χ0v) is 12.6. The van der Waals surface area contributed by atoms with Crippen molar-refractivity contribution in [3.05, 3.63) is 31.4 Å². The molecule has 0 unspecified atom stereocenters. The van der Waals surface area contributed by atoms with Gasteiger partial charge in [0.15, 0.2) is 0 Å². The molecule has 1 N–H and O–H groups in total. The largest absolute Gasteiger partial charge is 0.337 e. The van der Waals surface area contributed by atoms with Crippen LogP contribution in [0.5, 0.6) is 0 Å². The van der Waals surface area contributed by atoms with Crippen LogP contribution in [0.1, 0.15) is 20.3 Å². The maximum Gasteiger partial charge on any atom is 0.324 e. The van der Waals surface area contributed by atoms with E-state index in [1.807, 2.05) is 23.2 Å². The van der Waals surface area contributed by atoms with Gasteiger partial charge in [-0.05, 0) is 32.1 Å². The highest BCUT2D eigenvalue weighted by atomic mass is 32.5. The summed E-state index contributed by atoms with van der Waals surface area (Å²) < 4.78 is 11.5. The number of hydrogen-bond acceptors (Lipinski definition) is 4. The molecule has 0 aliphatic heterocycles. The molecule has 1 heterocycles. The Labute approximate surface area is 114 Å². The van der Waals surface area contributed by atoms with E-state index in [2.05, 4.69) is 23.4 Å². The molecular formula is C11H21N2O3PS. The lowest BCUT2D eigenvalue weighted by atomic mass is 10.4. The summed E-state index contributed by atoms with van der Waals surface area (Å²) in [6.07, 6.45) is 8.45. The number of imidazole rings is 1. The third-order valence-corrected chi connectivity index (χ3v) is 3.54. The van der Waals surface area contributed by atoms with Gasteiger partial charge in [-0.15, -0.1) is 6.58 Å². The van der Waals surface area contributed by atoms with Crippen molar-refractivity contribution >= 4 is 18.5 Å². The fraction of sp³-hybridized carbons (Fsp3) is 0.545. The number of hydrogen-bond donors (Lipinski definition) is 1. The molecule has 0 saturated carbocycles. The van der Waals surface area contributed by atoms with E-state index in [0.29, 0.717) is 13.2 Å². The molecule has 7 heteroatoms. The Balaban J connectivity index is 0.000000321. The van der Waals surface area contributed by atoms with Gasteiger partial charge in [-0.3, -0.25) is 0 Å². The average Bonchev–Trinajstić information content (AvgIpc) is 2.79. The van der Waals surface area contributed by atoms with Crippen molar-refractivity contribution in [2.45, 2.75) is 26.8 Å². The lowest BCUT2D eigenvalue weighted by Crippen LogP contribution is -1.92. The monoisotopic (exact) mass is 292 g/mol. The smallest absolute Gasteiger partial charge is 0.324 e. The van der Waals surface area contributed by atoms with Crippen LogP contribution < -0.4 is 0 Å². The summed E-state index contributed by atoms with van der Waals surface area (Å²) in [6, 6.07) is 0. The van der Waals surface area contributed by atoms with Gasteiger partial charge < -0.3 is 18.5 Å². The SMILES string of the molecule is C=CCCn1ccnc1.CCOP(O)(=S)OCC. The summed E-state index contributed by atoms with van der Waals surface area (Å²) in [4.78, 5) is 12.9. The summed E-state index contributed by atoms with van der Waals surface area (Å²) in [7, 11) is 0. The second kappa shape index (κ2) is 10.4. The molecule has 0 fully saturated rings. The molecule has 1 aromatic rings. The van der Waals surface area contributed by atoms with Crippen molar-refractivity contribution in [3.8, 4) is 0 Å². The molecule has 0 amide bonds. The highest BCUT2D eigenvalue weighted by Gasteiger charge is 2.10. The third kappa shape index (κ3) is 9.50. The molecule has 104 valence electrons. The zero-order chi connectivity index (χ0) is 13.9. The van der Waals surface area contributed by atoms with Crippen molar-refractivity contribution in [1.29, 1.82) is 0 Å². The highest BCUT2D eigenvalue weighted by Crippen LogP contribution is 2.42. The molecule has 0 atom stereocenters. The zero-order valence-electron chi connectivity index (χ0n) is 10.9. The molecule has 0 aliphatic rings. The predicted octanol–water partition coefficient (Wildman–Crippen LogP) is 2.74. The molecular weight excluding hydrogens is 271 g/mol. The summed E-state index contributed by atoms with van der Waals surface area (Å²) in [5, 5.41) is 0. The Morgan fingerprint density at radius 2 is 2.06 bits per heavy atom. The number of aromatic nitrogens is 2. The molecule has 1 rings (SSSR count). The van der Waals surface area contributed by atoms with Crippen LogP contribution in [0.25, 0.3) is 0 Å². The van der Waals surface area contributed by atoms with Crippen molar-refractivity contribution < 1.29 is 13.9 Å². The van der Waals surface area contributed by atoms with Gasteiger partial charge in [-0.25, -0.2) is 4.98 Å². The van der Waals surface area contributed by atoms with E-state index in [0.717, 1.165) is 13.0 Å². The van der Waals surface area contributed by atoms with E-state index >= 15 is 0 Å². The van der Waals surface area contributed by atoms with E-state index in [-0.39, 0.29) is 0 Å². The first kappa shape index (κ1) is 17.5. The van der Waals surface area contributed by atoms with E-state index < -0.39 is 6.72 Å².